The van der Waals surface area contributed by atoms with Crippen molar-refractivity contribution < 1.29 is 27.8 Å². The molecule has 0 radical (unpaired) electrons. The largest absolute Gasteiger partial charge is 0.491 e. The van der Waals surface area contributed by atoms with Gasteiger partial charge in [-0.1, -0.05) is 64.2 Å². The van der Waals surface area contributed by atoms with E-state index in [0.29, 0.717) is 24.3 Å². The molecule has 0 aliphatic rings. The fourth-order valence-corrected chi connectivity index (χ4v) is 3.70. The molecule has 0 amide bonds. The Morgan fingerprint density at radius 3 is 1.94 bits per heavy atom. The zero-order chi connectivity index (χ0) is 25.8. The summed E-state index contributed by atoms with van der Waals surface area (Å²) in [6.45, 7) is 5.02. The van der Waals surface area contributed by atoms with Gasteiger partial charge in [-0.25, -0.2) is 13.6 Å². The van der Waals surface area contributed by atoms with Gasteiger partial charge in [0.15, 0.2) is 23.1 Å². The predicted molar refractivity (Wildman–Crippen MR) is 138 cm³/mol. The number of unbranched alkanes of at least 4 members (excludes halogenated alkanes) is 5. The summed E-state index contributed by atoms with van der Waals surface area (Å²) in [6.07, 6.45) is 7.63. The zero-order valence-corrected chi connectivity index (χ0v) is 21.0. The van der Waals surface area contributed by atoms with E-state index in [9.17, 15) is 13.6 Å². The van der Waals surface area contributed by atoms with Gasteiger partial charge in [0.2, 0.25) is 0 Å². The number of hydrogen-bond donors (Lipinski definition) is 0. The van der Waals surface area contributed by atoms with E-state index < -0.39 is 17.6 Å². The first-order valence-corrected chi connectivity index (χ1v) is 12.7. The van der Waals surface area contributed by atoms with Crippen molar-refractivity contribution in [3.63, 3.8) is 0 Å². The van der Waals surface area contributed by atoms with Crippen LogP contribution < -0.4 is 14.2 Å². The molecule has 3 aromatic rings. The van der Waals surface area contributed by atoms with E-state index in [-0.39, 0.29) is 17.2 Å². The van der Waals surface area contributed by atoms with Crippen LogP contribution in [0.25, 0.3) is 11.1 Å². The molecule has 0 aromatic heterocycles. The molecule has 0 saturated carbocycles. The molecular weight excluding hydrogens is 462 g/mol. The third-order valence-corrected chi connectivity index (χ3v) is 5.72. The second-order valence-corrected chi connectivity index (χ2v) is 8.67. The van der Waals surface area contributed by atoms with Gasteiger partial charge in [0.25, 0.3) is 0 Å². The summed E-state index contributed by atoms with van der Waals surface area (Å²) in [4.78, 5) is 12.5. The maximum atomic E-state index is 14.6. The van der Waals surface area contributed by atoms with E-state index in [1.165, 1.54) is 43.9 Å². The van der Waals surface area contributed by atoms with Crippen LogP contribution in [0.4, 0.5) is 8.78 Å². The van der Waals surface area contributed by atoms with E-state index in [4.69, 9.17) is 14.2 Å². The minimum absolute atomic E-state index is 0.0871. The zero-order valence-electron chi connectivity index (χ0n) is 21.0. The van der Waals surface area contributed by atoms with Crippen LogP contribution in [0.15, 0.2) is 60.7 Å². The average Bonchev–Trinajstić information content (AvgIpc) is 2.88. The summed E-state index contributed by atoms with van der Waals surface area (Å²) in [5, 5.41) is 0. The molecule has 3 rings (SSSR count). The summed E-state index contributed by atoms with van der Waals surface area (Å²) in [7, 11) is 0. The van der Waals surface area contributed by atoms with Crippen molar-refractivity contribution >= 4 is 5.97 Å². The van der Waals surface area contributed by atoms with Crippen LogP contribution in [0.2, 0.25) is 0 Å². The molecular formula is C30H34F2O4. The molecule has 0 atom stereocenters. The maximum absolute atomic E-state index is 14.6. The fraction of sp³-hybridized carbons (Fsp3) is 0.367. The quantitative estimate of drug-likeness (QED) is 0.128. The van der Waals surface area contributed by atoms with E-state index >= 15 is 0 Å². The van der Waals surface area contributed by atoms with Crippen molar-refractivity contribution in [3.05, 3.63) is 77.9 Å². The smallest absolute Gasteiger partial charge is 0.343 e. The lowest BCUT2D eigenvalue weighted by Crippen LogP contribution is -2.08. The molecule has 0 N–H and O–H groups in total. The summed E-state index contributed by atoms with van der Waals surface area (Å²) in [5.41, 5.74) is 1.71. The van der Waals surface area contributed by atoms with Gasteiger partial charge < -0.3 is 14.2 Å². The molecule has 0 unspecified atom stereocenters. The molecule has 0 bridgehead atoms. The molecule has 3 aromatic carbocycles. The van der Waals surface area contributed by atoms with Gasteiger partial charge in [0.1, 0.15) is 5.75 Å². The SMILES string of the molecule is CCCCCCCCOc1ccc(-c2ccc(C(=O)Oc3ccc(OCCC)c(F)c3)cc2)cc1F. The summed E-state index contributed by atoms with van der Waals surface area (Å²) < 4.78 is 44.9. The van der Waals surface area contributed by atoms with E-state index in [0.717, 1.165) is 30.9 Å². The lowest BCUT2D eigenvalue weighted by molar-refractivity contribution is 0.0734. The van der Waals surface area contributed by atoms with Crippen molar-refractivity contribution in [2.75, 3.05) is 13.2 Å². The average molecular weight is 497 g/mol. The molecule has 0 heterocycles. The number of carbonyl (C=O) groups excluding carboxylic acids is 1. The fourth-order valence-electron chi connectivity index (χ4n) is 3.70. The molecule has 4 nitrogen and oxygen atoms in total. The lowest BCUT2D eigenvalue weighted by atomic mass is 10.0. The van der Waals surface area contributed by atoms with Gasteiger partial charge in [-0.2, -0.15) is 0 Å². The summed E-state index contributed by atoms with van der Waals surface area (Å²) in [6, 6.07) is 15.5. The first kappa shape index (κ1) is 27.2. The Morgan fingerprint density at radius 1 is 0.667 bits per heavy atom. The maximum Gasteiger partial charge on any atom is 0.343 e. The number of ether oxygens (including phenoxy) is 3. The highest BCUT2D eigenvalue weighted by molar-refractivity contribution is 5.91. The third kappa shape index (κ3) is 8.08. The van der Waals surface area contributed by atoms with Gasteiger partial charge in [0, 0.05) is 6.07 Å². The first-order valence-electron chi connectivity index (χ1n) is 12.7. The molecule has 0 spiro atoms. The predicted octanol–water partition coefficient (Wildman–Crippen LogP) is 8.38. The highest BCUT2D eigenvalue weighted by Crippen LogP contribution is 2.27. The highest BCUT2D eigenvalue weighted by atomic mass is 19.1. The highest BCUT2D eigenvalue weighted by Gasteiger charge is 2.13. The van der Waals surface area contributed by atoms with Crippen molar-refractivity contribution in [1.82, 2.24) is 0 Å². The van der Waals surface area contributed by atoms with Crippen LogP contribution in [0.1, 0.15) is 69.2 Å². The minimum Gasteiger partial charge on any atom is -0.491 e. The molecule has 192 valence electrons. The normalized spacial score (nSPS) is 10.8. The van der Waals surface area contributed by atoms with Crippen molar-refractivity contribution in [1.29, 1.82) is 0 Å². The second kappa shape index (κ2) is 14.2. The van der Waals surface area contributed by atoms with E-state index in [2.05, 4.69) is 6.92 Å². The van der Waals surface area contributed by atoms with Crippen LogP contribution in [0.5, 0.6) is 17.2 Å². The van der Waals surface area contributed by atoms with Crippen molar-refractivity contribution in [3.8, 4) is 28.4 Å². The van der Waals surface area contributed by atoms with Gasteiger partial charge in [0.05, 0.1) is 18.8 Å². The molecule has 0 aliphatic carbocycles. The molecule has 0 fully saturated rings. The standard InChI is InChI=1S/C30H34F2O4/c1-3-5-6-7-8-9-19-35-28-16-14-24(20-26(28)31)22-10-12-23(13-11-22)30(33)36-25-15-17-29(27(32)21-25)34-18-4-2/h10-17,20-21H,3-9,18-19H2,1-2H3. The van der Waals surface area contributed by atoms with E-state index in [1.54, 1.807) is 36.4 Å². The number of halogens is 2. The number of carbonyl (C=O) groups is 1. The Bertz CT molecular complexity index is 1110. The van der Waals surface area contributed by atoms with Gasteiger partial charge in [-0.15, -0.1) is 0 Å². The third-order valence-electron chi connectivity index (χ3n) is 5.72. The van der Waals surface area contributed by atoms with Gasteiger partial charge in [-0.3, -0.25) is 0 Å². The Morgan fingerprint density at radius 2 is 1.28 bits per heavy atom. The minimum atomic E-state index is -0.618. The number of benzene rings is 3. The van der Waals surface area contributed by atoms with Crippen LogP contribution in [-0.4, -0.2) is 19.2 Å². The first-order chi connectivity index (χ1) is 17.5. The molecule has 36 heavy (non-hydrogen) atoms. The van der Waals surface area contributed by atoms with Crippen LogP contribution in [-0.2, 0) is 0 Å². The van der Waals surface area contributed by atoms with E-state index in [1.807, 2.05) is 6.92 Å². The Hall–Kier alpha value is -3.41. The van der Waals surface area contributed by atoms with Gasteiger partial charge >= 0.3 is 5.97 Å². The number of rotatable bonds is 14. The number of esters is 1. The lowest BCUT2D eigenvalue weighted by Gasteiger charge is -2.10. The van der Waals surface area contributed by atoms with Gasteiger partial charge in [-0.05, 0) is 60.4 Å². The topological polar surface area (TPSA) is 44.8 Å². The summed E-state index contributed by atoms with van der Waals surface area (Å²) >= 11 is 0. The Labute approximate surface area is 212 Å². The number of hydrogen-bond acceptors (Lipinski definition) is 4. The monoisotopic (exact) mass is 496 g/mol. The van der Waals surface area contributed by atoms with Crippen LogP contribution in [0.3, 0.4) is 0 Å². The van der Waals surface area contributed by atoms with Crippen LogP contribution in [0, 0.1) is 11.6 Å². The molecule has 0 saturated heterocycles. The van der Waals surface area contributed by atoms with Crippen LogP contribution >= 0.6 is 0 Å². The molecule has 6 heteroatoms. The van der Waals surface area contributed by atoms with Crippen molar-refractivity contribution in [2.24, 2.45) is 0 Å². The van der Waals surface area contributed by atoms with Crippen molar-refractivity contribution in [2.45, 2.75) is 58.8 Å². The second-order valence-electron chi connectivity index (χ2n) is 8.67. The Balaban J connectivity index is 1.54. The molecule has 0 aliphatic heterocycles. The summed E-state index contributed by atoms with van der Waals surface area (Å²) in [5.74, 6) is -1.18. The Kier molecular flexibility index (Phi) is 10.7.